The minimum absolute atomic E-state index is 0.0167. The Morgan fingerprint density at radius 2 is 1.92 bits per heavy atom. The van der Waals surface area contributed by atoms with Crippen LogP contribution in [-0.4, -0.2) is 26.8 Å². The average Bonchev–Trinajstić information content (AvgIpc) is 3.05. The smallest absolute Gasteiger partial charge is 0.387 e. The molecular weight excluding hydrogens is 357 g/mol. The molecule has 3 aromatic rings. The van der Waals surface area contributed by atoms with E-state index in [1.54, 1.807) is 6.92 Å². The molecule has 0 aliphatic carbocycles. The second kappa shape index (κ2) is 7.51. The van der Waals surface area contributed by atoms with E-state index in [1.807, 2.05) is 0 Å². The summed E-state index contributed by atoms with van der Waals surface area (Å²) < 4.78 is 48.1. The molecule has 0 amide bonds. The van der Waals surface area contributed by atoms with Gasteiger partial charge in [0.15, 0.2) is 5.82 Å². The van der Waals surface area contributed by atoms with Gasteiger partial charge in [-0.1, -0.05) is 6.92 Å². The number of alkyl halides is 2. The molecule has 0 bridgehead atoms. The molecule has 0 saturated heterocycles. The second-order valence-electron chi connectivity index (χ2n) is 4.67. The first-order chi connectivity index (χ1) is 12.1. The molecule has 0 spiro atoms. The zero-order valence-corrected chi connectivity index (χ0v) is 13.6. The van der Waals surface area contributed by atoms with Crippen molar-refractivity contribution in [1.29, 1.82) is 0 Å². The van der Waals surface area contributed by atoms with Gasteiger partial charge in [-0.25, -0.2) is 14.4 Å². The summed E-state index contributed by atoms with van der Waals surface area (Å²) in [4.78, 5) is 7.71. The van der Waals surface area contributed by atoms with Crippen LogP contribution in [0.3, 0.4) is 0 Å². The van der Waals surface area contributed by atoms with Gasteiger partial charge in [0.25, 0.3) is 5.22 Å². The van der Waals surface area contributed by atoms with Gasteiger partial charge in [-0.05, 0) is 42.4 Å². The van der Waals surface area contributed by atoms with Crippen LogP contribution in [0.4, 0.5) is 13.2 Å². The summed E-state index contributed by atoms with van der Waals surface area (Å²) in [7, 11) is 0. The lowest BCUT2D eigenvalue weighted by Crippen LogP contribution is -2.01. The number of ether oxygens (including phenoxy) is 1. The first-order valence-corrected chi connectivity index (χ1v) is 7.94. The van der Waals surface area contributed by atoms with Crippen LogP contribution in [0.25, 0.3) is 11.5 Å². The van der Waals surface area contributed by atoms with Crippen molar-refractivity contribution in [3.05, 3.63) is 42.1 Å². The van der Waals surface area contributed by atoms with Gasteiger partial charge in [-0.2, -0.15) is 8.78 Å². The molecule has 2 aromatic heterocycles. The van der Waals surface area contributed by atoms with E-state index in [1.165, 1.54) is 30.6 Å². The van der Waals surface area contributed by atoms with Crippen LogP contribution >= 0.6 is 11.8 Å². The van der Waals surface area contributed by atoms with Gasteiger partial charge in [0, 0.05) is 5.56 Å². The summed E-state index contributed by atoms with van der Waals surface area (Å²) in [5.74, 6) is -0.345. The van der Waals surface area contributed by atoms with E-state index >= 15 is 0 Å². The minimum Gasteiger partial charge on any atom is -0.435 e. The Morgan fingerprint density at radius 1 is 1.16 bits per heavy atom. The standard InChI is InChI=1S/C15H11F3N4O2S/c1-2-10-11(16)13(20-7-19-10)25-15-22-21-12(24-15)8-3-5-9(6-4-8)23-14(17)18/h3-7,14H,2H2,1H3. The highest BCUT2D eigenvalue weighted by Gasteiger charge is 2.16. The molecule has 0 atom stereocenters. The highest BCUT2D eigenvalue weighted by molar-refractivity contribution is 7.99. The van der Waals surface area contributed by atoms with Crippen LogP contribution in [0.15, 0.2) is 45.3 Å². The summed E-state index contributed by atoms with van der Waals surface area (Å²) in [6.45, 7) is -1.11. The SMILES string of the molecule is CCc1ncnc(Sc2nnc(-c3ccc(OC(F)F)cc3)o2)c1F. The highest BCUT2D eigenvalue weighted by Crippen LogP contribution is 2.30. The van der Waals surface area contributed by atoms with E-state index in [2.05, 4.69) is 24.9 Å². The Bertz CT molecular complexity index is 858. The molecule has 0 radical (unpaired) electrons. The van der Waals surface area contributed by atoms with Crippen molar-refractivity contribution in [3.8, 4) is 17.2 Å². The molecule has 1 aromatic carbocycles. The molecule has 0 aliphatic rings. The molecule has 0 fully saturated rings. The maximum absolute atomic E-state index is 14.1. The molecule has 25 heavy (non-hydrogen) atoms. The van der Waals surface area contributed by atoms with Crippen LogP contribution < -0.4 is 4.74 Å². The first-order valence-electron chi connectivity index (χ1n) is 7.12. The van der Waals surface area contributed by atoms with Gasteiger partial charge < -0.3 is 9.15 Å². The highest BCUT2D eigenvalue weighted by atomic mass is 32.2. The second-order valence-corrected chi connectivity index (χ2v) is 5.61. The van der Waals surface area contributed by atoms with Gasteiger partial charge >= 0.3 is 6.61 Å². The fraction of sp³-hybridized carbons (Fsp3) is 0.200. The molecule has 0 saturated carbocycles. The largest absolute Gasteiger partial charge is 0.435 e. The number of hydrogen-bond acceptors (Lipinski definition) is 7. The predicted molar refractivity (Wildman–Crippen MR) is 81.9 cm³/mol. The van der Waals surface area contributed by atoms with Crippen LogP contribution in [0.2, 0.25) is 0 Å². The number of nitrogens with zero attached hydrogens (tertiary/aromatic N) is 4. The number of rotatable bonds is 6. The maximum Gasteiger partial charge on any atom is 0.387 e. The first kappa shape index (κ1) is 17.2. The van der Waals surface area contributed by atoms with Crippen LogP contribution in [0, 0.1) is 5.82 Å². The summed E-state index contributed by atoms with van der Waals surface area (Å²) in [6, 6.07) is 5.71. The van der Waals surface area contributed by atoms with Gasteiger partial charge in [-0.15, -0.1) is 10.2 Å². The minimum atomic E-state index is -2.90. The number of aromatic nitrogens is 4. The third-order valence-corrected chi connectivity index (χ3v) is 3.90. The lowest BCUT2D eigenvalue weighted by molar-refractivity contribution is -0.0498. The summed E-state index contributed by atoms with van der Waals surface area (Å²) >= 11 is 0.881. The van der Waals surface area contributed by atoms with E-state index in [4.69, 9.17) is 4.42 Å². The van der Waals surface area contributed by atoms with Crippen LogP contribution in [0.5, 0.6) is 5.75 Å². The average molecular weight is 368 g/mol. The molecule has 0 N–H and O–H groups in total. The number of halogens is 3. The third-order valence-electron chi connectivity index (χ3n) is 3.08. The van der Waals surface area contributed by atoms with E-state index < -0.39 is 12.4 Å². The predicted octanol–water partition coefficient (Wildman–Crippen LogP) is 3.98. The van der Waals surface area contributed by atoms with Crippen molar-refractivity contribution < 1.29 is 22.3 Å². The van der Waals surface area contributed by atoms with Crippen molar-refractivity contribution in [1.82, 2.24) is 20.2 Å². The molecule has 0 aliphatic heterocycles. The summed E-state index contributed by atoms with van der Waals surface area (Å²) in [5, 5.41) is 7.86. The van der Waals surface area contributed by atoms with Crippen LogP contribution in [0.1, 0.15) is 12.6 Å². The van der Waals surface area contributed by atoms with Crippen molar-refractivity contribution in [2.75, 3.05) is 0 Å². The monoisotopic (exact) mass is 368 g/mol. The normalized spacial score (nSPS) is 11.1. The number of benzene rings is 1. The third kappa shape index (κ3) is 4.08. The van der Waals surface area contributed by atoms with E-state index in [0.29, 0.717) is 17.7 Å². The zero-order valence-electron chi connectivity index (χ0n) is 12.8. The number of aryl methyl sites for hydroxylation is 1. The molecular formula is C15H11F3N4O2S. The molecule has 10 heteroatoms. The Kier molecular flexibility index (Phi) is 5.17. The lowest BCUT2D eigenvalue weighted by atomic mass is 10.2. The fourth-order valence-electron chi connectivity index (χ4n) is 1.93. The van der Waals surface area contributed by atoms with Crippen LogP contribution in [-0.2, 0) is 6.42 Å². The molecule has 130 valence electrons. The lowest BCUT2D eigenvalue weighted by Gasteiger charge is -2.03. The summed E-state index contributed by atoms with van der Waals surface area (Å²) in [6.07, 6.45) is 1.70. The van der Waals surface area contributed by atoms with Gasteiger partial charge in [0.2, 0.25) is 5.89 Å². The Morgan fingerprint density at radius 3 is 2.60 bits per heavy atom. The fourth-order valence-corrected chi connectivity index (χ4v) is 2.61. The van der Waals surface area contributed by atoms with Crippen molar-refractivity contribution in [2.24, 2.45) is 0 Å². The van der Waals surface area contributed by atoms with Gasteiger partial charge in [0.05, 0.1) is 5.69 Å². The van der Waals surface area contributed by atoms with Crippen molar-refractivity contribution in [3.63, 3.8) is 0 Å². The quantitative estimate of drug-likeness (QED) is 0.609. The van der Waals surface area contributed by atoms with Gasteiger partial charge in [0.1, 0.15) is 17.1 Å². The molecule has 2 heterocycles. The maximum atomic E-state index is 14.1. The Balaban J connectivity index is 1.76. The van der Waals surface area contributed by atoms with Crippen molar-refractivity contribution in [2.45, 2.75) is 30.2 Å². The topological polar surface area (TPSA) is 73.9 Å². The Hall–Kier alpha value is -2.62. The number of hydrogen-bond donors (Lipinski definition) is 0. The van der Waals surface area contributed by atoms with Crippen molar-refractivity contribution >= 4 is 11.8 Å². The van der Waals surface area contributed by atoms with E-state index in [9.17, 15) is 13.2 Å². The zero-order chi connectivity index (χ0) is 17.8. The molecule has 3 rings (SSSR count). The van der Waals surface area contributed by atoms with Gasteiger partial charge in [-0.3, -0.25) is 0 Å². The summed E-state index contributed by atoms with van der Waals surface area (Å²) in [5.41, 5.74) is 0.810. The molecule has 0 unspecified atom stereocenters. The van der Waals surface area contributed by atoms with E-state index in [0.717, 1.165) is 11.8 Å². The molecule has 6 nitrogen and oxygen atoms in total. The Labute approximate surface area is 144 Å². The van der Waals surface area contributed by atoms with E-state index in [-0.39, 0.29) is 21.9 Å².